The summed E-state index contributed by atoms with van der Waals surface area (Å²) in [5, 5.41) is 4.48. The van der Waals surface area contributed by atoms with E-state index in [0.717, 1.165) is 60.0 Å². The van der Waals surface area contributed by atoms with Crippen LogP contribution in [0.15, 0.2) is 168 Å². The largest absolute Gasteiger partial charge is 0.456 e. The maximum Gasteiger partial charge on any atom is 0.165 e. The van der Waals surface area contributed by atoms with Gasteiger partial charge in [-0.1, -0.05) is 140 Å². The molecule has 0 aliphatic rings. The third-order valence-corrected chi connectivity index (χ3v) is 10.6. The van der Waals surface area contributed by atoms with Gasteiger partial charge in [-0.05, 0) is 46.5 Å². The van der Waals surface area contributed by atoms with Gasteiger partial charge in [0.1, 0.15) is 11.2 Å². The number of rotatable bonds is 5. The molecule has 0 aliphatic carbocycles. The smallest absolute Gasteiger partial charge is 0.165 e. The number of aromatic nitrogens is 3. The molecule has 0 N–H and O–H groups in total. The van der Waals surface area contributed by atoms with E-state index in [1.165, 1.54) is 21.0 Å². The van der Waals surface area contributed by atoms with E-state index in [4.69, 9.17) is 19.4 Å². The first-order chi connectivity index (χ1) is 24.8. The van der Waals surface area contributed by atoms with Gasteiger partial charge in [0.15, 0.2) is 17.5 Å². The molecule has 234 valence electrons. The first-order valence-electron chi connectivity index (χ1n) is 16.6. The van der Waals surface area contributed by atoms with E-state index in [-0.39, 0.29) is 0 Å². The predicted octanol–water partition coefficient (Wildman–Crippen LogP) is 12.5. The molecule has 3 heterocycles. The van der Waals surface area contributed by atoms with Gasteiger partial charge in [-0.15, -0.1) is 11.3 Å². The van der Waals surface area contributed by atoms with Crippen LogP contribution in [0.25, 0.3) is 98.5 Å². The summed E-state index contributed by atoms with van der Waals surface area (Å²) in [5.74, 6) is 1.87. The van der Waals surface area contributed by atoms with Gasteiger partial charge in [0.25, 0.3) is 0 Å². The summed E-state index contributed by atoms with van der Waals surface area (Å²) >= 11 is 1.78. The molecule has 0 saturated carbocycles. The Labute approximate surface area is 292 Å². The molecular formula is C45H27N3OS. The Hall–Kier alpha value is -6.43. The first-order valence-corrected chi connectivity index (χ1v) is 17.4. The Morgan fingerprint density at radius 2 is 0.880 bits per heavy atom. The maximum absolute atomic E-state index is 6.48. The SMILES string of the molecule is c1ccc(-c2ccc(-c3nc(-c4cccc5c4sc4ccccc45)nc(-c4cccc5oc6cccc(-c7ccccc7)c6c45)n3)cc2)cc1. The molecule has 0 unspecified atom stereocenters. The normalized spacial score (nSPS) is 11.6. The van der Waals surface area contributed by atoms with Crippen molar-refractivity contribution in [3.8, 4) is 56.4 Å². The topological polar surface area (TPSA) is 51.8 Å². The van der Waals surface area contributed by atoms with Crippen LogP contribution >= 0.6 is 11.3 Å². The van der Waals surface area contributed by atoms with Crippen LogP contribution in [-0.2, 0) is 0 Å². The van der Waals surface area contributed by atoms with E-state index in [2.05, 4.69) is 133 Å². The molecule has 0 saturated heterocycles. The van der Waals surface area contributed by atoms with Gasteiger partial charge >= 0.3 is 0 Å². The number of fused-ring (bicyclic) bond motifs is 6. The van der Waals surface area contributed by atoms with Gasteiger partial charge in [-0.25, -0.2) is 15.0 Å². The van der Waals surface area contributed by atoms with Crippen molar-refractivity contribution in [1.29, 1.82) is 0 Å². The zero-order valence-electron chi connectivity index (χ0n) is 26.7. The molecule has 10 aromatic rings. The number of hydrogen-bond donors (Lipinski definition) is 0. The lowest BCUT2D eigenvalue weighted by molar-refractivity contribution is 0.669. The third-order valence-electron chi connectivity index (χ3n) is 9.38. The van der Waals surface area contributed by atoms with Gasteiger partial charge in [0.05, 0.1) is 0 Å². The van der Waals surface area contributed by atoms with Crippen molar-refractivity contribution in [3.05, 3.63) is 164 Å². The lowest BCUT2D eigenvalue weighted by Gasteiger charge is -2.11. The standard InChI is InChI=1S/C45H27N3OS/c1-3-12-28(13-4-1)29-24-26-31(27-25-29)43-46-44(48-45(47-43)36-20-9-18-34-33-16-7-8-23-39(33)50-42(34)36)35-19-11-22-38-41(35)40-32(17-10-21-37(40)49-38)30-14-5-2-6-15-30/h1-27H. The zero-order valence-corrected chi connectivity index (χ0v) is 27.6. The molecule has 0 atom stereocenters. The van der Waals surface area contributed by atoms with Crippen molar-refractivity contribution in [1.82, 2.24) is 15.0 Å². The van der Waals surface area contributed by atoms with Crippen LogP contribution in [0.5, 0.6) is 0 Å². The van der Waals surface area contributed by atoms with Crippen LogP contribution in [0.3, 0.4) is 0 Å². The van der Waals surface area contributed by atoms with Crippen molar-refractivity contribution in [3.63, 3.8) is 0 Å². The molecule has 0 radical (unpaired) electrons. The second-order valence-electron chi connectivity index (χ2n) is 12.4. The highest BCUT2D eigenvalue weighted by atomic mass is 32.1. The van der Waals surface area contributed by atoms with Gasteiger partial charge in [-0.3, -0.25) is 0 Å². The van der Waals surface area contributed by atoms with Crippen molar-refractivity contribution >= 4 is 53.4 Å². The minimum absolute atomic E-state index is 0.603. The Morgan fingerprint density at radius 1 is 0.360 bits per heavy atom. The van der Waals surface area contributed by atoms with Crippen LogP contribution in [0.1, 0.15) is 0 Å². The highest BCUT2D eigenvalue weighted by molar-refractivity contribution is 7.26. The van der Waals surface area contributed by atoms with Crippen molar-refractivity contribution in [2.75, 3.05) is 0 Å². The Bertz CT molecular complexity index is 2860. The third kappa shape index (κ3) is 4.71. The molecule has 0 bridgehead atoms. The van der Waals surface area contributed by atoms with E-state index in [1.54, 1.807) is 11.3 Å². The average molecular weight is 658 g/mol. The minimum atomic E-state index is 0.603. The van der Waals surface area contributed by atoms with Gasteiger partial charge in [-0.2, -0.15) is 0 Å². The van der Waals surface area contributed by atoms with E-state index < -0.39 is 0 Å². The summed E-state index contributed by atoms with van der Waals surface area (Å²) in [6, 6.07) is 56.7. The fourth-order valence-electron chi connectivity index (χ4n) is 7.02. The summed E-state index contributed by atoms with van der Waals surface area (Å²) < 4.78 is 8.89. The number of nitrogens with zero attached hydrogens (tertiary/aromatic N) is 3. The molecule has 0 fully saturated rings. The van der Waals surface area contributed by atoms with Crippen molar-refractivity contribution < 1.29 is 4.42 Å². The quantitative estimate of drug-likeness (QED) is 0.185. The second kappa shape index (κ2) is 11.6. The van der Waals surface area contributed by atoms with E-state index in [9.17, 15) is 0 Å². The number of benzene rings is 7. The molecule has 5 heteroatoms. The zero-order chi connectivity index (χ0) is 33.0. The first kappa shape index (κ1) is 28.6. The second-order valence-corrected chi connectivity index (χ2v) is 13.4. The van der Waals surface area contributed by atoms with Crippen LogP contribution in [0.2, 0.25) is 0 Å². The van der Waals surface area contributed by atoms with Crippen molar-refractivity contribution in [2.45, 2.75) is 0 Å². The minimum Gasteiger partial charge on any atom is -0.456 e. The molecule has 0 spiro atoms. The monoisotopic (exact) mass is 657 g/mol. The highest BCUT2D eigenvalue weighted by Gasteiger charge is 2.21. The molecular weight excluding hydrogens is 631 g/mol. The molecule has 0 aliphatic heterocycles. The summed E-state index contributed by atoms with van der Waals surface area (Å²) in [7, 11) is 0. The molecule has 4 nitrogen and oxygen atoms in total. The fourth-order valence-corrected chi connectivity index (χ4v) is 8.23. The summed E-state index contributed by atoms with van der Waals surface area (Å²) in [6.45, 7) is 0. The predicted molar refractivity (Wildman–Crippen MR) is 207 cm³/mol. The molecule has 7 aromatic carbocycles. The molecule has 0 amide bonds. The number of thiophene rings is 1. The number of furan rings is 1. The van der Waals surface area contributed by atoms with Crippen LogP contribution in [0.4, 0.5) is 0 Å². The van der Waals surface area contributed by atoms with E-state index in [1.807, 2.05) is 30.3 Å². The van der Waals surface area contributed by atoms with Crippen LogP contribution in [0, 0.1) is 0 Å². The maximum atomic E-state index is 6.48. The van der Waals surface area contributed by atoms with E-state index >= 15 is 0 Å². The highest BCUT2D eigenvalue weighted by Crippen LogP contribution is 2.43. The van der Waals surface area contributed by atoms with Crippen molar-refractivity contribution in [2.24, 2.45) is 0 Å². The molecule has 10 rings (SSSR count). The van der Waals surface area contributed by atoms with Gasteiger partial charge in [0, 0.05) is 47.6 Å². The Balaban J connectivity index is 1.23. The van der Waals surface area contributed by atoms with Crippen LogP contribution in [-0.4, -0.2) is 15.0 Å². The molecule has 50 heavy (non-hydrogen) atoms. The number of hydrogen-bond acceptors (Lipinski definition) is 5. The summed E-state index contributed by atoms with van der Waals surface area (Å²) in [4.78, 5) is 15.6. The average Bonchev–Trinajstić information content (AvgIpc) is 3.77. The fraction of sp³-hybridized carbons (Fsp3) is 0. The van der Waals surface area contributed by atoms with Gasteiger partial charge < -0.3 is 4.42 Å². The Morgan fingerprint density at radius 3 is 1.64 bits per heavy atom. The Kier molecular flexibility index (Phi) is 6.64. The van der Waals surface area contributed by atoms with Gasteiger partial charge in [0.2, 0.25) is 0 Å². The van der Waals surface area contributed by atoms with E-state index in [0.29, 0.717) is 17.5 Å². The summed E-state index contributed by atoms with van der Waals surface area (Å²) in [6.07, 6.45) is 0. The van der Waals surface area contributed by atoms with Crippen LogP contribution < -0.4 is 0 Å². The molecule has 3 aromatic heterocycles. The lowest BCUT2D eigenvalue weighted by atomic mass is 9.97. The lowest BCUT2D eigenvalue weighted by Crippen LogP contribution is -2.00. The summed E-state index contributed by atoms with van der Waals surface area (Å²) in [5.41, 5.74) is 8.98.